The maximum atomic E-state index is 12.5. The fraction of sp³-hybridized carbons (Fsp3) is 0.0455. The molecular formula is C22H14BrN3O4. The van der Waals surface area contributed by atoms with Crippen LogP contribution in [0.4, 0.5) is 5.69 Å². The quantitative estimate of drug-likeness (QED) is 0.450. The van der Waals surface area contributed by atoms with E-state index in [0.717, 1.165) is 15.6 Å². The van der Waals surface area contributed by atoms with Gasteiger partial charge in [0.25, 0.3) is 11.8 Å². The molecule has 0 saturated heterocycles. The van der Waals surface area contributed by atoms with Gasteiger partial charge in [-0.3, -0.25) is 4.79 Å². The van der Waals surface area contributed by atoms with Gasteiger partial charge in [-0.1, -0.05) is 17.3 Å². The predicted octanol–water partition coefficient (Wildman–Crippen LogP) is 5.15. The van der Waals surface area contributed by atoms with Gasteiger partial charge in [0.2, 0.25) is 12.6 Å². The van der Waals surface area contributed by atoms with Crippen molar-refractivity contribution >= 4 is 27.5 Å². The standard InChI is InChI=1S/C22H14BrN3O4/c23-17-4-2-1-3-16(17)22-25-20(26-30-22)13-5-8-15(9-6-13)24-21(27)14-7-10-18-19(11-14)29-12-28-18/h1-11H,12H2,(H,24,27). The number of amides is 1. The number of fused-ring (bicyclic) bond motifs is 1. The smallest absolute Gasteiger partial charge is 0.259 e. The number of nitrogens with zero attached hydrogens (tertiary/aromatic N) is 2. The van der Waals surface area contributed by atoms with Crippen LogP contribution in [0, 0.1) is 0 Å². The number of nitrogens with one attached hydrogen (secondary N) is 1. The van der Waals surface area contributed by atoms with E-state index in [1.54, 1.807) is 30.3 Å². The van der Waals surface area contributed by atoms with Crippen LogP contribution in [-0.4, -0.2) is 22.8 Å². The Balaban J connectivity index is 1.31. The second kappa shape index (κ2) is 7.64. The Morgan fingerprint density at radius 3 is 2.60 bits per heavy atom. The molecular weight excluding hydrogens is 450 g/mol. The minimum absolute atomic E-state index is 0.168. The van der Waals surface area contributed by atoms with Crippen molar-refractivity contribution in [2.45, 2.75) is 0 Å². The first-order chi connectivity index (χ1) is 14.7. The van der Waals surface area contributed by atoms with Gasteiger partial charge in [-0.25, -0.2) is 0 Å². The van der Waals surface area contributed by atoms with Gasteiger partial charge in [-0.2, -0.15) is 4.98 Å². The molecule has 0 radical (unpaired) electrons. The first kappa shape index (κ1) is 18.4. The van der Waals surface area contributed by atoms with Crippen molar-refractivity contribution in [3.05, 3.63) is 76.8 Å². The van der Waals surface area contributed by atoms with Gasteiger partial charge in [0.15, 0.2) is 11.5 Å². The van der Waals surface area contributed by atoms with Crippen LogP contribution in [0.1, 0.15) is 10.4 Å². The number of carbonyl (C=O) groups excluding carboxylic acids is 1. The van der Waals surface area contributed by atoms with E-state index in [1.165, 1.54) is 0 Å². The molecule has 3 aromatic carbocycles. The minimum atomic E-state index is -0.239. The van der Waals surface area contributed by atoms with Crippen LogP contribution in [0.3, 0.4) is 0 Å². The summed E-state index contributed by atoms with van der Waals surface area (Å²) in [7, 11) is 0. The average Bonchev–Trinajstić information content (AvgIpc) is 3.44. The number of hydrogen-bond acceptors (Lipinski definition) is 6. The normalized spacial score (nSPS) is 12.0. The molecule has 2 heterocycles. The number of anilines is 1. The van der Waals surface area contributed by atoms with Crippen molar-refractivity contribution in [1.82, 2.24) is 10.1 Å². The van der Waals surface area contributed by atoms with Crippen molar-refractivity contribution in [1.29, 1.82) is 0 Å². The molecule has 1 aliphatic rings. The van der Waals surface area contributed by atoms with E-state index >= 15 is 0 Å². The van der Waals surface area contributed by atoms with Gasteiger partial charge < -0.3 is 19.3 Å². The molecule has 0 bridgehead atoms. The zero-order chi connectivity index (χ0) is 20.5. The van der Waals surface area contributed by atoms with Crippen molar-refractivity contribution in [2.75, 3.05) is 12.1 Å². The first-order valence-electron chi connectivity index (χ1n) is 9.07. The summed E-state index contributed by atoms with van der Waals surface area (Å²) in [4.78, 5) is 17.0. The number of ether oxygens (including phenoxy) is 2. The first-order valence-corrected chi connectivity index (χ1v) is 9.87. The second-order valence-corrected chi connectivity index (χ2v) is 7.36. The minimum Gasteiger partial charge on any atom is -0.454 e. The summed E-state index contributed by atoms with van der Waals surface area (Å²) in [5.74, 6) is 1.86. The summed E-state index contributed by atoms with van der Waals surface area (Å²) in [6.07, 6.45) is 0. The molecule has 8 heteroatoms. The van der Waals surface area contributed by atoms with Crippen molar-refractivity contribution in [3.8, 4) is 34.3 Å². The van der Waals surface area contributed by atoms with Gasteiger partial charge in [0.05, 0.1) is 5.56 Å². The van der Waals surface area contributed by atoms with Crippen LogP contribution in [0.25, 0.3) is 22.8 Å². The summed E-state index contributed by atoms with van der Waals surface area (Å²) in [6, 6.07) is 19.9. The Kier molecular flexibility index (Phi) is 4.68. The highest BCUT2D eigenvalue weighted by Crippen LogP contribution is 2.33. The molecule has 7 nitrogen and oxygen atoms in total. The van der Waals surface area contributed by atoms with E-state index in [2.05, 4.69) is 31.4 Å². The Labute approximate surface area is 179 Å². The van der Waals surface area contributed by atoms with Gasteiger partial charge in [0, 0.05) is 21.3 Å². The van der Waals surface area contributed by atoms with Crippen LogP contribution in [-0.2, 0) is 0 Å². The summed E-state index contributed by atoms with van der Waals surface area (Å²) in [5.41, 5.74) is 2.73. The highest BCUT2D eigenvalue weighted by molar-refractivity contribution is 9.10. The van der Waals surface area contributed by atoms with E-state index in [-0.39, 0.29) is 12.7 Å². The van der Waals surface area contributed by atoms with Gasteiger partial charge in [-0.05, 0) is 70.5 Å². The lowest BCUT2D eigenvalue weighted by atomic mass is 10.1. The third-order valence-corrected chi connectivity index (χ3v) is 5.26. The number of benzene rings is 3. The summed E-state index contributed by atoms with van der Waals surface area (Å²) in [6.45, 7) is 0.168. The Morgan fingerprint density at radius 2 is 1.77 bits per heavy atom. The average molecular weight is 464 g/mol. The van der Waals surface area contributed by atoms with E-state index in [4.69, 9.17) is 14.0 Å². The molecule has 0 aliphatic carbocycles. The zero-order valence-corrected chi connectivity index (χ0v) is 17.0. The molecule has 148 valence electrons. The maximum Gasteiger partial charge on any atom is 0.259 e. The summed E-state index contributed by atoms with van der Waals surface area (Å²) >= 11 is 3.48. The van der Waals surface area contributed by atoms with Crippen LogP contribution < -0.4 is 14.8 Å². The predicted molar refractivity (Wildman–Crippen MR) is 113 cm³/mol. The lowest BCUT2D eigenvalue weighted by Crippen LogP contribution is -2.11. The second-order valence-electron chi connectivity index (χ2n) is 6.50. The number of hydrogen-bond donors (Lipinski definition) is 1. The highest BCUT2D eigenvalue weighted by atomic mass is 79.9. The third kappa shape index (κ3) is 3.53. The van der Waals surface area contributed by atoms with Crippen LogP contribution in [0.5, 0.6) is 11.5 Å². The van der Waals surface area contributed by atoms with Crippen LogP contribution in [0.15, 0.2) is 75.7 Å². The largest absolute Gasteiger partial charge is 0.454 e. The number of aromatic nitrogens is 2. The summed E-state index contributed by atoms with van der Waals surface area (Å²) < 4.78 is 16.9. The summed E-state index contributed by atoms with van der Waals surface area (Å²) in [5, 5.41) is 6.92. The fourth-order valence-electron chi connectivity index (χ4n) is 3.03. The van der Waals surface area contributed by atoms with Crippen molar-refractivity contribution < 1.29 is 18.8 Å². The topological polar surface area (TPSA) is 86.5 Å². The van der Waals surface area contributed by atoms with Crippen LogP contribution >= 0.6 is 15.9 Å². The molecule has 0 unspecified atom stereocenters. The molecule has 1 aliphatic heterocycles. The molecule has 0 fully saturated rings. The third-order valence-electron chi connectivity index (χ3n) is 4.57. The highest BCUT2D eigenvalue weighted by Gasteiger charge is 2.17. The van der Waals surface area contributed by atoms with Crippen molar-refractivity contribution in [3.63, 3.8) is 0 Å². The monoisotopic (exact) mass is 463 g/mol. The Hall–Kier alpha value is -3.65. The van der Waals surface area contributed by atoms with E-state index in [1.807, 2.05) is 36.4 Å². The van der Waals surface area contributed by atoms with Gasteiger partial charge in [0.1, 0.15) is 0 Å². The SMILES string of the molecule is O=C(Nc1ccc(-c2noc(-c3ccccc3Br)n2)cc1)c1ccc2c(c1)OCO2. The van der Waals surface area contributed by atoms with E-state index in [9.17, 15) is 4.79 Å². The number of carbonyl (C=O) groups is 1. The molecule has 1 N–H and O–H groups in total. The molecule has 1 aromatic heterocycles. The lowest BCUT2D eigenvalue weighted by Gasteiger charge is -2.06. The van der Waals surface area contributed by atoms with Crippen LogP contribution in [0.2, 0.25) is 0 Å². The number of rotatable bonds is 4. The molecule has 5 rings (SSSR count). The molecule has 1 amide bonds. The van der Waals surface area contributed by atoms with Gasteiger partial charge in [-0.15, -0.1) is 0 Å². The van der Waals surface area contributed by atoms with E-state index in [0.29, 0.717) is 34.5 Å². The zero-order valence-electron chi connectivity index (χ0n) is 15.5. The maximum absolute atomic E-state index is 12.5. The van der Waals surface area contributed by atoms with Gasteiger partial charge >= 0.3 is 0 Å². The fourth-order valence-corrected chi connectivity index (χ4v) is 3.48. The molecule has 4 aromatic rings. The Bertz CT molecular complexity index is 1240. The molecule has 0 saturated carbocycles. The molecule has 0 spiro atoms. The lowest BCUT2D eigenvalue weighted by molar-refractivity contribution is 0.102. The Morgan fingerprint density at radius 1 is 0.967 bits per heavy atom. The molecule has 0 atom stereocenters. The van der Waals surface area contributed by atoms with E-state index < -0.39 is 0 Å². The number of halogens is 1. The molecule has 30 heavy (non-hydrogen) atoms. The van der Waals surface area contributed by atoms with Crippen molar-refractivity contribution in [2.24, 2.45) is 0 Å².